The van der Waals surface area contributed by atoms with Crippen molar-refractivity contribution in [3.63, 3.8) is 0 Å². The molecule has 1 atom stereocenters. The van der Waals surface area contributed by atoms with Gasteiger partial charge in [-0.25, -0.2) is 0 Å². The molecule has 0 spiro atoms. The zero-order valence-electron chi connectivity index (χ0n) is 6.68. The van der Waals surface area contributed by atoms with E-state index in [0.717, 1.165) is 0 Å². The van der Waals surface area contributed by atoms with Crippen LogP contribution in [0.25, 0.3) is 0 Å². The first-order valence-corrected chi connectivity index (χ1v) is 3.23. The average Bonchev–Trinajstić information content (AvgIpc) is 1.81. The van der Waals surface area contributed by atoms with Crippen LogP contribution in [0.15, 0.2) is 0 Å². The number of hydrogen-bond donors (Lipinski definition) is 1. The summed E-state index contributed by atoms with van der Waals surface area (Å²) in [6, 6.07) is -0.612. The van der Waals surface area contributed by atoms with Crippen LogP contribution in [-0.4, -0.2) is 24.5 Å². The third-order valence-corrected chi connectivity index (χ3v) is 0.847. The third-order valence-electron chi connectivity index (χ3n) is 0.847. The van der Waals surface area contributed by atoms with Crippen LogP contribution in [0.4, 0.5) is 0 Å². The predicted molar refractivity (Wildman–Crippen MR) is 39.4 cm³/mol. The molecule has 0 aliphatic carbocycles. The summed E-state index contributed by atoms with van der Waals surface area (Å²) in [6.45, 7) is 5.96. The van der Waals surface area contributed by atoms with E-state index < -0.39 is 6.04 Å². The van der Waals surface area contributed by atoms with Gasteiger partial charge in [-0.3, -0.25) is 4.79 Å². The van der Waals surface area contributed by atoms with Gasteiger partial charge >= 0.3 is 0 Å². The van der Waals surface area contributed by atoms with Gasteiger partial charge in [0.05, 0.1) is 18.2 Å². The highest BCUT2D eigenvalue weighted by Gasteiger charge is 2.12. The molecule has 0 amide bonds. The maximum atomic E-state index is 9.89. The van der Waals surface area contributed by atoms with E-state index in [9.17, 15) is 4.79 Å². The topological polar surface area (TPSA) is 52.3 Å². The normalized spacial score (nSPS) is 14.8. The van der Waals surface area contributed by atoms with Crippen molar-refractivity contribution < 1.29 is 9.53 Å². The Balaban J connectivity index is 3.45. The Hall–Kier alpha value is -0.410. The molecule has 0 aromatic rings. The Morgan fingerprint density at radius 1 is 1.60 bits per heavy atom. The lowest BCUT2D eigenvalue weighted by Gasteiger charge is -2.19. The molecule has 0 aromatic heterocycles. The first-order chi connectivity index (χ1) is 4.45. The van der Waals surface area contributed by atoms with E-state index in [-0.39, 0.29) is 12.2 Å². The lowest BCUT2D eigenvalue weighted by atomic mass is 10.2. The van der Waals surface area contributed by atoms with Gasteiger partial charge in [-0.1, -0.05) is 0 Å². The lowest BCUT2D eigenvalue weighted by Crippen LogP contribution is -2.32. The first-order valence-electron chi connectivity index (χ1n) is 3.23. The first kappa shape index (κ1) is 9.59. The molecular weight excluding hydrogens is 130 g/mol. The Bertz CT molecular complexity index is 107. The molecule has 0 bridgehead atoms. The fourth-order valence-corrected chi connectivity index (χ4v) is 0.374. The molecule has 2 N–H and O–H groups in total. The van der Waals surface area contributed by atoms with Gasteiger partial charge in [0.25, 0.3) is 0 Å². The van der Waals surface area contributed by atoms with Crippen molar-refractivity contribution >= 4 is 6.29 Å². The Morgan fingerprint density at radius 2 is 2.10 bits per heavy atom. The largest absolute Gasteiger partial charge is 0.374 e. The summed E-state index contributed by atoms with van der Waals surface area (Å²) in [4.78, 5) is 9.89. The quantitative estimate of drug-likeness (QED) is 0.617. The van der Waals surface area contributed by atoms with Crippen LogP contribution < -0.4 is 5.73 Å². The van der Waals surface area contributed by atoms with E-state index >= 15 is 0 Å². The standard InChI is InChI=1S/C7H14NO2/c1-7(2,3)10-5-6(8)4-9/h6H,5,8H2,1-3H3. The highest BCUT2D eigenvalue weighted by atomic mass is 16.5. The molecule has 3 heteroatoms. The monoisotopic (exact) mass is 144 g/mol. The summed E-state index contributed by atoms with van der Waals surface area (Å²) in [5.74, 6) is 0. The van der Waals surface area contributed by atoms with Crippen molar-refractivity contribution in [1.82, 2.24) is 0 Å². The molecule has 0 saturated heterocycles. The molecule has 0 fully saturated rings. The molecule has 0 saturated carbocycles. The minimum Gasteiger partial charge on any atom is -0.374 e. The summed E-state index contributed by atoms with van der Waals surface area (Å²) in [7, 11) is 0. The summed E-state index contributed by atoms with van der Waals surface area (Å²) in [5.41, 5.74) is 5.00. The van der Waals surface area contributed by atoms with Gasteiger partial charge in [0.2, 0.25) is 6.29 Å². The smallest absolute Gasteiger partial charge is 0.219 e. The molecule has 59 valence electrons. The van der Waals surface area contributed by atoms with E-state index in [2.05, 4.69) is 0 Å². The van der Waals surface area contributed by atoms with E-state index in [0.29, 0.717) is 0 Å². The summed E-state index contributed by atoms with van der Waals surface area (Å²) in [6.07, 6.45) is 1.64. The number of ether oxygens (including phenoxy) is 1. The molecule has 0 rings (SSSR count). The molecule has 0 aliphatic rings. The van der Waals surface area contributed by atoms with Gasteiger partial charge < -0.3 is 10.5 Å². The van der Waals surface area contributed by atoms with Crippen LogP contribution in [0.5, 0.6) is 0 Å². The average molecular weight is 144 g/mol. The highest BCUT2D eigenvalue weighted by molar-refractivity contribution is 5.58. The van der Waals surface area contributed by atoms with Crippen LogP contribution in [0.3, 0.4) is 0 Å². The number of rotatable bonds is 3. The van der Waals surface area contributed by atoms with Gasteiger partial charge in [-0.05, 0) is 20.8 Å². The Labute approximate surface area is 61.5 Å². The van der Waals surface area contributed by atoms with E-state index in [1.807, 2.05) is 20.8 Å². The zero-order valence-corrected chi connectivity index (χ0v) is 6.68. The molecule has 0 aromatic carbocycles. The van der Waals surface area contributed by atoms with Gasteiger partial charge in [0.15, 0.2) is 0 Å². The highest BCUT2D eigenvalue weighted by Crippen LogP contribution is 2.05. The van der Waals surface area contributed by atoms with Crippen molar-refractivity contribution in [3.8, 4) is 0 Å². The number of nitrogens with two attached hydrogens (primary N) is 1. The Kier molecular flexibility index (Phi) is 3.53. The van der Waals surface area contributed by atoms with Crippen LogP contribution in [0.2, 0.25) is 0 Å². The molecule has 1 radical (unpaired) electrons. The maximum Gasteiger partial charge on any atom is 0.219 e. The van der Waals surface area contributed by atoms with Gasteiger partial charge in [0.1, 0.15) is 0 Å². The predicted octanol–water partition coefficient (Wildman–Crippen LogP) is 0.239. The molecule has 0 heterocycles. The van der Waals surface area contributed by atoms with Crippen molar-refractivity contribution in [1.29, 1.82) is 0 Å². The fourth-order valence-electron chi connectivity index (χ4n) is 0.374. The molecule has 0 aliphatic heterocycles. The van der Waals surface area contributed by atoms with Crippen molar-refractivity contribution in [3.05, 3.63) is 0 Å². The molecule has 10 heavy (non-hydrogen) atoms. The fraction of sp³-hybridized carbons (Fsp3) is 0.857. The molecule has 3 nitrogen and oxygen atoms in total. The number of hydrogen-bond acceptors (Lipinski definition) is 3. The minimum absolute atomic E-state index is 0.228. The van der Waals surface area contributed by atoms with E-state index in [4.69, 9.17) is 10.5 Å². The number of carbonyl (C=O) groups excluding carboxylic acids is 1. The van der Waals surface area contributed by atoms with Crippen LogP contribution in [0.1, 0.15) is 20.8 Å². The zero-order chi connectivity index (χ0) is 8.20. The van der Waals surface area contributed by atoms with Gasteiger partial charge in [-0.15, -0.1) is 0 Å². The van der Waals surface area contributed by atoms with Gasteiger partial charge in [0, 0.05) is 0 Å². The van der Waals surface area contributed by atoms with Crippen LogP contribution in [0, 0.1) is 0 Å². The van der Waals surface area contributed by atoms with Gasteiger partial charge in [-0.2, -0.15) is 0 Å². The summed E-state index contributed by atoms with van der Waals surface area (Å²) >= 11 is 0. The van der Waals surface area contributed by atoms with Crippen LogP contribution >= 0.6 is 0 Å². The molecular formula is C7H14NO2. The van der Waals surface area contributed by atoms with Crippen molar-refractivity contribution in [2.75, 3.05) is 6.61 Å². The second kappa shape index (κ2) is 3.68. The van der Waals surface area contributed by atoms with E-state index in [1.54, 1.807) is 6.29 Å². The molecule has 1 unspecified atom stereocenters. The lowest BCUT2D eigenvalue weighted by molar-refractivity contribution is -0.00349. The maximum absolute atomic E-state index is 9.89. The third kappa shape index (κ3) is 5.72. The SMILES string of the molecule is CC(C)(C)OCC(N)[C]=O. The second-order valence-electron chi connectivity index (χ2n) is 3.15. The summed E-state index contributed by atoms with van der Waals surface area (Å²) < 4.78 is 5.19. The minimum atomic E-state index is -0.612. The van der Waals surface area contributed by atoms with Crippen LogP contribution in [-0.2, 0) is 9.53 Å². The van der Waals surface area contributed by atoms with Crippen molar-refractivity contribution in [2.24, 2.45) is 5.73 Å². The Morgan fingerprint density at radius 3 is 2.40 bits per heavy atom. The summed E-state index contributed by atoms with van der Waals surface area (Å²) in [5, 5.41) is 0. The second-order valence-corrected chi connectivity index (χ2v) is 3.15. The van der Waals surface area contributed by atoms with E-state index in [1.165, 1.54) is 0 Å². The van der Waals surface area contributed by atoms with Crippen molar-refractivity contribution in [2.45, 2.75) is 32.4 Å².